The van der Waals surface area contributed by atoms with Gasteiger partial charge >= 0.3 is 18.0 Å². The van der Waals surface area contributed by atoms with Crippen LogP contribution in [0.25, 0.3) is 11.4 Å². The molecule has 2 aliphatic heterocycles. The molecule has 51 heavy (non-hydrogen) atoms. The molecule has 4 aromatic rings. The summed E-state index contributed by atoms with van der Waals surface area (Å²) in [4.78, 5) is 41.2. The lowest BCUT2D eigenvalue weighted by Crippen LogP contribution is -2.45. The van der Waals surface area contributed by atoms with Crippen molar-refractivity contribution in [3.63, 3.8) is 0 Å². The van der Waals surface area contributed by atoms with Gasteiger partial charge in [-0.2, -0.15) is 0 Å². The zero-order chi connectivity index (χ0) is 36.7. The van der Waals surface area contributed by atoms with Crippen LogP contribution in [0.3, 0.4) is 0 Å². The summed E-state index contributed by atoms with van der Waals surface area (Å²) < 4.78 is 15.7. The van der Waals surface area contributed by atoms with Gasteiger partial charge < -0.3 is 14.2 Å². The van der Waals surface area contributed by atoms with Gasteiger partial charge in [-0.15, -0.1) is 30.0 Å². The third kappa shape index (κ3) is 9.56. The summed E-state index contributed by atoms with van der Waals surface area (Å²) in [6.45, 7) is 9.42. The molecule has 0 aliphatic carbocycles. The number of tetrazole rings is 2. The third-order valence-electron chi connectivity index (χ3n) is 7.81. The van der Waals surface area contributed by atoms with E-state index in [0.29, 0.717) is 53.3 Å². The van der Waals surface area contributed by atoms with Gasteiger partial charge in [0.15, 0.2) is 11.6 Å². The molecule has 18 heteroatoms. The first kappa shape index (κ1) is 37.6. The number of rotatable bonds is 8. The average molecular weight is 744 g/mol. The first-order valence-corrected chi connectivity index (χ1v) is 17.3. The first-order chi connectivity index (χ1) is 24.4. The Morgan fingerprint density at radius 3 is 1.94 bits per heavy atom. The highest BCUT2D eigenvalue weighted by Gasteiger charge is 2.46. The molecule has 4 atom stereocenters. The molecule has 16 nitrogen and oxygen atoms in total. The van der Waals surface area contributed by atoms with Crippen molar-refractivity contribution in [2.75, 3.05) is 13.2 Å². The van der Waals surface area contributed by atoms with Crippen molar-refractivity contribution in [3.05, 3.63) is 70.2 Å². The average Bonchev–Trinajstić information content (AvgIpc) is 3.90. The van der Waals surface area contributed by atoms with E-state index in [4.69, 9.17) is 37.4 Å². The molecule has 0 unspecified atom stereocenters. The van der Waals surface area contributed by atoms with Crippen LogP contribution in [0, 0.1) is 0 Å². The smallest absolute Gasteiger partial charge is 0.411 e. The fourth-order valence-electron chi connectivity index (χ4n) is 5.62. The Morgan fingerprint density at radius 2 is 1.37 bits per heavy atom. The summed E-state index contributed by atoms with van der Waals surface area (Å²) in [7, 11) is 0. The lowest BCUT2D eigenvalue weighted by atomic mass is 10.2. The molecule has 2 aliphatic rings. The fraction of sp³-hybridized carbons (Fsp3) is 0.485. The minimum absolute atomic E-state index is 0.0951. The van der Waals surface area contributed by atoms with Crippen LogP contribution in [0.15, 0.2) is 48.5 Å². The fourth-order valence-corrected chi connectivity index (χ4v) is 5.99. The molecule has 2 aromatic carbocycles. The number of carbonyl (C=O) groups is 3. The Labute approximate surface area is 304 Å². The number of likely N-dealkylation sites (tertiary alicyclic amines) is 1. The number of aromatic nitrogens is 8. The van der Waals surface area contributed by atoms with Crippen molar-refractivity contribution >= 4 is 41.2 Å². The number of halogens is 2. The number of hydrogen-bond donors (Lipinski definition) is 1. The van der Waals surface area contributed by atoms with Gasteiger partial charge in [-0.3, -0.25) is 15.0 Å². The van der Waals surface area contributed by atoms with Crippen molar-refractivity contribution < 1.29 is 28.6 Å². The molecule has 0 saturated carbocycles. The van der Waals surface area contributed by atoms with Crippen LogP contribution in [-0.4, -0.2) is 94.2 Å². The molecule has 0 spiro atoms. The Balaban J connectivity index is 0.000000205. The predicted octanol–water partition coefficient (Wildman–Crippen LogP) is 4.99. The van der Waals surface area contributed by atoms with E-state index in [1.165, 1.54) is 14.5 Å². The van der Waals surface area contributed by atoms with Crippen LogP contribution in [0.2, 0.25) is 10.0 Å². The molecule has 0 radical (unpaired) electrons. The van der Waals surface area contributed by atoms with E-state index in [1.807, 2.05) is 12.1 Å². The van der Waals surface area contributed by atoms with Crippen molar-refractivity contribution in [2.45, 2.75) is 90.1 Å². The zero-order valence-corrected chi connectivity index (χ0v) is 30.4. The second-order valence-corrected chi connectivity index (χ2v) is 13.6. The number of carbonyl (C=O) groups excluding carboxylic acids is 3. The lowest BCUT2D eigenvalue weighted by molar-refractivity contribution is -0.149. The standard InChI is InChI=1S/C19H24ClN5O4.C14H16ClN5O2/c1-5-28-17(26)15-10-9-14(24(15)18(27)29-19(2,3)4)16-21-23-25(22-16)13-8-6-7-12(20)11-13;1-2-22-14(21)12-7-6-11(16-12)13-17-19-20(18-13)10-5-3-4-9(15)8-10/h6-8,11,14-15H,5,9-10H2,1-4H3;3-5,8,11-12,16H,2,6-7H2,1H3/t14-,15+;11-,12+/m11/s1. The topological polar surface area (TPSA) is 181 Å². The Morgan fingerprint density at radius 1 is 0.804 bits per heavy atom. The maximum Gasteiger partial charge on any atom is 0.411 e. The van der Waals surface area contributed by atoms with Crippen LogP contribution in [0.4, 0.5) is 4.79 Å². The van der Waals surface area contributed by atoms with E-state index in [-0.39, 0.29) is 24.7 Å². The molecule has 6 rings (SSSR count). The number of nitrogens with one attached hydrogen (secondary N) is 1. The number of nitrogens with zero attached hydrogens (tertiary/aromatic N) is 9. The lowest BCUT2D eigenvalue weighted by Gasteiger charge is -2.30. The highest BCUT2D eigenvalue weighted by molar-refractivity contribution is 6.31. The summed E-state index contributed by atoms with van der Waals surface area (Å²) in [6.07, 6.45) is 1.77. The quantitative estimate of drug-likeness (QED) is 0.188. The molecular weight excluding hydrogens is 703 g/mol. The highest BCUT2D eigenvalue weighted by atomic mass is 35.5. The predicted molar refractivity (Wildman–Crippen MR) is 184 cm³/mol. The van der Waals surface area contributed by atoms with Gasteiger partial charge in [0.05, 0.1) is 36.7 Å². The zero-order valence-electron chi connectivity index (χ0n) is 28.9. The highest BCUT2D eigenvalue weighted by Crippen LogP contribution is 2.36. The maximum atomic E-state index is 12.9. The van der Waals surface area contributed by atoms with Crippen molar-refractivity contribution in [1.82, 2.24) is 50.6 Å². The number of esters is 2. The van der Waals surface area contributed by atoms with Crippen LogP contribution >= 0.6 is 23.2 Å². The van der Waals surface area contributed by atoms with Crippen LogP contribution in [0.1, 0.15) is 84.0 Å². The minimum Gasteiger partial charge on any atom is -0.465 e. The largest absolute Gasteiger partial charge is 0.465 e. The number of amides is 1. The Bertz CT molecular complexity index is 1830. The summed E-state index contributed by atoms with van der Waals surface area (Å²) in [5.74, 6) is 0.185. The molecule has 4 heterocycles. The summed E-state index contributed by atoms with van der Waals surface area (Å²) in [5.41, 5.74) is 0.668. The van der Waals surface area contributed by atoms with Gasteiger partial charge in [0.2, 0.25) is 0 Å². The van der Waals surface area contributed by atoms with E-state index in [0.717, 1.165) is 12.1 Å². The van der Waals surface area contributed by atoms with Crippen LogP contribution < -0.4 is 5.32 Å². The van der Waals surface area contributed by atoms with Crippen molar-refractivity contribution in [2.24, 2.45) is 0 Å². The molecular formula is C33H40Cl2N10O6. The van der Waals surface area contributed by atoms with E-state index in [9.17, 15) is 14.4 Å². The number of hydrogen-bond acceptors (Lipinski definition) is 13. The molecule has 272 valence electrons. The van der Waals surface area contributed by atoms with Crippen molar-refractivity contribution in [3.8, 4) is 11.4 Å². The van der Waals surface area contributed by atoms with Gasteiger partial charge in [0.25, 0.3) is 0 Å². The molecule has 2 fully saturated rings. The monoisotopic (exact) mass is 742 g/mol. The van der Waals surface area contributed by atoms with Gasteiger partial charge in [0.1, 0.15) is 17.7 Å². The summed E-state index contributed by atoms with van der Waals surface area (Å²) >= 11 is 12.0. The maximum absolute atomic E-state index is 12.9. The molecule has 1 amide bonds. The van der Waals surface area contributed by atoms with Gasteiger partial charge in [-0.25, -0.2) is 9.59 Å². The van der Waals surface area contributed by atoms with E-state index in [2.05, 4.69) is 36.1 Å². The molecule has 2 saturated heterocycles. The van der Waals surface area contributed by atoms with Crippen molar-refractivity contribution in [1.29, 1.82) is 0 Å². The minimum atomic E-state index is -0.757. The van der Waals surface area contributed by atoms with E-state index in [1.54, 1.807) is 71.0 Å². The van der Waals surface area contributed by atoms with Gasteiger partial charge in [0, 0.05) is 10.0 Å². The Hall–Kier alpha value is -4.67. The van der Waals surface area contributed by atoms with Crippen LogP contribution in [-0.2, 0) is 23.8 Å². The summed E-state index contributed by atoms with van der Waals surface area (Å²) in [5, 5.41) is 29.4. The van der Waals surface area contributed by atoms with Crippen LogP contribution in [0.5, 0.6) is 0 Å². The number of benzene rings is 2. The normalized spacial score (nSPS) is 20.0. The van der Waals surface area contributed by atoms with E-state index < -0.39 is 29.7 Å². The van der Waals surface area contributed by atoms with Gasteiger partial charge in [-0.1, -0.05) is 35.3 Å². The van der Waals surface area contributed by atoms with Gasteiger partial charge in [-0.05, 0) is 107 Å². The third-order valence-corrected chi connectivity index (χ3v) is 8.28. The Kier molecular flexibility index (Phi) is 12.2. The molecule has 0 bridgehead atoms. The second-order valence-electron chi connectivity index (χ2n) is 12.7. The molecule has 1 N–H and O–H groups in total. The SMILES string of the molecule is CCOC(=O)[C@@H]1CC[C@H](c2nnn(-c3cccc(Cl)c3)n2)N1.CCOC(=O)[C@@H]1CC[C@H](c2nnn(-c3cccc(Cl)c3)n2)N1C(=O)OC(C)(C)C. The van der Waals surface area contributed by atoms with E-state index >= 15 is 0 Å². The summed E-state index contributed by atoms with van der Waals surface area (Å²) in [6, 6.07) is 12.5. The second kappa shape index (κ2) is 16.6. The molecule has 2 aromatic heterocycles. The number of ether oxygens (including phenoxy) is 3. The first-order valence-electron chi connectivity index (χ1n) is 16.6.